The Morgan fingerprint density at radius 3 is 2.93 bits per heavy atom. The third-order valence-electron chi connectivity index (χ3n) is 1.94. The van der Waals surface area contributed by atoms with Gasteiger partial charge < -0.3 is 10.4 Å². The minimum atomic E-state index is -1.06. The van der Waals surface area contributed by atoms with Crippen LogP contribution < -0.4 is 5.32 Å². The zero-order chi connectivity index (χ0) is 11.0. The largest absolute Gasteiger partial charge is 0.477 e. The summed E-state index contributed by atoms with van der Waals surface area (Å²) in [6.07, 6.45) is 0. The molecule has 0 saturated carbocycles. The first-order valence-electron chi connectivity index (χ1n) is 4.10. The summed E-state index contributed by atoms with van der Waals surface area (Å²) in [4.78, 5) is 14.8. The topological polar surface area (TPSA) is 79.5 Å². The molecule has 2 heterocycles. The van der Waals surface area contributed by atoms with E-state index < -0.39 is 5.97 Å². The van der Waals surface area contributed by atoms with Crippen LogP contribution in [0.5, 0.6) is 0 Å². The summed E-state index contributed by atoms with van der Waals surface area (Å²) in [7, 11) is 1.67. The predicted octanol–water partition coefficient (Wildman–Crippen LogP) is 1.12. The monoisotopic (exact) mass is 226 g/mol. The summed E-state index contributed by atoms with van der Waals surface area (Å²) in [6, 6.07) is 3.06. The smallest absolute Gasteiger partial charge is 0.354 e. The van der Waals surface area contributed by atoms with E-state index in [9.17, 15) is 4.79 Å². The average molecular weight is 227 g/mol. The molecule has 0 aliphatic heterocycles. The minimum Gasteiger partial charge on any atom is -0.477 e. The quantitative estimate of drug-likeness (QED) is 0.802. The number of aromatic carboxylic acids is 1. The number of nitrogens with zero attached hydrogens (tertiary/aromatic N) is 3. The second kappa shape index (κ2) is 3.39. The van der Waals surface area contributed by atoms with Crippen LogP contribution in [0.3, 0.4) is 0 Å². The van der Waals surface area contributed by atoms with Gasteiger partial charge in [-0.2, -0.15) is 4.98 Å². The molecule has 2 rings (SSSR count). The Hall–Kier alpha value is -1.82. The molecule has 15 heavy (non-hydrogen) atoms. The van der Waals surface area contributed by atoms with Gasteiger partial charge in [-0.3, -0.25) is 0 Å². The van der Waals surface area contributed by atoms with Crippen molar-refractivity contribution in [2.45, 2.75) is 0 Å². The molecule has 0 aliphatic carbocycles. The Morgan fingerprint density at radius 2 is 2.33 bits per heavy atom. The van der Waals surface area contributed by atoms with E-state index in [1.54, 1.807) is 13.1 Å². The molecule has 0 bridgehead atoms. The molecule has 0 spiro atoms. The van der Waals surface area contributed by atoms with Gasteiger partial charge in [-0.15, -0.1) is 5.10 Å². The second-order valence-electron chi connectivity index (χ2n) is 2.80. The highest BCUT2D eigenvalue weighted by atomic mass is 35.5. The lowest BCUT2D eigenvalue weighted by atomic mass is 10.4. The molecular weight excluding hydrogens is 220 g/mol. The second-order valence-corrected chi connectivity index (χ2v) is 3.14. The predicted molar refractivity (Wildman–Crippen MR) is 54.5 cm³/mol. The van der Waals surface area contributed by atoms with E-state index in [-0.39, 0.29) is 11.0 Å². The van der Waals surface area contributed by atoms with E-state index in [2.05, 4.69) is 15.4 Å². The van der Waals surface area contributed by atoms with Crippen molar-refractivity contribution in [1.29, 1.82) is 0 Å². The van der Waals surface area contributed by atoms with Crippen LogP contribution in [0.15, 0.2) is 12.1 Å². The molecule has 0 aliphatic rings. The van der Waals surface area contributed by atoms with E-state index in [4.69, 9.17) is 16.7 Å². The fourth-order valence-corrected chi connectivity index (χ4v) is 1.48. The van der Waals surface area contributed by atoms with Crippen LogP contribution in [0.2, 0.25) is 5.28 Å². The fraction of sp³-hybridized carbons (Fsp3) is 0.125. The molecular formula is C8H7ClN4O2. The summed E-state index contributed by atoms with van der Waals surface area (Å²) < 4.78 is 1.24. The standard InChI is InChI=1S/C8H7ClN4O2/c1-10-6-4-2-3-5(7(14)15)13(4)12-8(9)11-6/h2-3H,1H3,(H,14,15)(H,10,11,12). The van der Waals surface area contributed by atoms with Gasteiger partial charge in [-0.05, 0) is 23.7 Å². The van der Waals surface area contributed by atoms with E-state index in [1.807, 2.05) is 0 Å². The molecule has 2 N–H and O–H groups in total. The third-order valence-corrected chi connectivity index (χ3v) is 2.10. The van der Waals surface area contributed by atoms with Crippen molar-refractivity contribution in [3.63, 3.8) is 0 Å². The molecule has 0 saturated heterocycles. The zero-order valence-electron chi connectivity index (χ0n) is 7.73. The average Bonchev–Trinajstić information content (AvgIpc) is 2.59. The molecule has 2 aromatic rings. The zero-order valence-corrected chi connectivity index (χ0v) is 8.49. The fourth-order valence-electron chi connectivity index (χ4n) is 1.32. The lowest BCUT2D eigenvalue weighted by Crippen LogP contribution is -2.07. The third kappa shape index (κ3) is 1.48. The Labute approximate surface area is 89.5 Å². The van der Waals surface area contributed by atoms with Gasteiger partial charge in [-0.25, -0.2) is 9.31 Å². The van der Waals surface area contributed by atoms with Crippen molar-refractivity contribution in [3.05, 3.63) is 23.1 Å². The maximum atomic E-state index is 10.8. The first kappa shape index (κ1) is 9.72. The van der Waals surface area contributed by atoms with Gasteiger partial charge >= 0.3 is 5.97 Å². The summed E-state index contributed by atoms with van der Waals surface area (Å²) in [5.41, 5.74) is 0.616. The summed E-state index contributed by atoms with van der Waals surface area (Å²) >= 11 is 5.66. The number of carboxylic acids is 1. The van der Waals surface area contributed by atoms with Crippen molar-refractivity contribution in [2.24, 2.45) is 0 Å². The van der Waals surface area contributed by atoms with Crippen molar-refractivity contribution in [3.8, 4) is 0 Å². The van der Waals surface area contributed by atoms with Crippen molar-refractivity contribution >= 4 is 28.9 Å². The van der Waals surface area contributed by atoms with Gasteiger partial charge in [-0.1, -0.05) is 0 Å². The highest BCUT2D eigenvalue weighted by Crippen LogP contribution is 2.18. The maximum Gasteiger partial charge on any atom is 0.354 e. The highest BCUT2D eigenvalue weighted by molar-refractivity contribution is 6.28. The number of hydrogen-bond acceptors (Lipinski definition) is 4. The van der Waals surface area contributed by atoms with Crippen LogP contribution in [-0.4, -0.2) is 32.7 Å². The van der Waals surface area contributed by atoms with Gasteiger partial charge in [0.2, 0.25) is 5.28 Å². The Balaban J connectivity index is 2.80. The van der Waals surface area contributed by atoms with Gasteiger partial charge in [0.25, 0.3) is 0 Å². The maximum absolute atomic E-state index is 10.8. The molecule has 78 valence electrons. The van der Waals surface area contributed by atoms with E-state index in [0.717, 1.165) is 0 Å². The number of carbonyl (C=O) groups is 1. The van der Waals surface area contributed by atoms with Crippen LogP contribution in [0.25, 0.3) is 5.52 Å². The van der Waals surface area contributed by atoms with Crippen molar-refractivity contribution < 1.29 is 9.90 Å². The normalized spacial score (nSPS) is 10.5. The number of aromatic nitrogens is 3. The molecule has 0 aromatic carbocycles. The van der Waals surface area contributed by atoms with Crippen LogP contribution in [0.4, 0.5) is 5.82 Å². The lowest BCUT2D eigenvalue weighted by Gasteiger charge is -2.03. The number of halogens is 1. The van der Waals surface area contributed by atoms with E-state index >= 15 is 0 Å². The van der Waals surface area contributed by atoms with Gasteiger partial charge in [0.15, 0.2) is 11.5 Å². The molecule has 0 amide bonds. The van der Waals surface area contributed by atoms with Crippen molar-refractivity contribution in [1.82, 2.24) is 14.6 Å². The molecule has 0 radical (unpaired) electrons. The first-order valence-corrected chi connectivity index (χ1v) is 4.47. The molecule has 7 heteroatoms. The van der Waals surface area contributed by atoms with Gasteiger partial charge in [0, 0.05) is 7.05 Å². The van der Waals surface area contributed by atoms with Crippen molar-refractivity contribution in [2.75, 3.05) is 12.4 Å². The van der Waals surface area contributed by atoms with E-state index in [0.29, 0.717) is 11.3 Å². The van der Waals surface area contributed by atoms with Gasteiger partial charge in [0.1, 0.15) is 5.52 Å². The number of nitrogens with one attached hydrogen (secondary N) is 1. The lowest BCUT2D eigenvalue weighted by molar-refractivity contribution is 0.0688. The number of carboxylic acid groups (broad SMARTS) is 1. The minimum absolute atomic E-state index is 0.00875. The summed E-state index contributed by atoms with van der Waals surface area (Å²) in [5.74, 6) is -0.575. The first-order chi connectivity index (χ1) is 7.13. The summed E-state index contributed by atoms with van der Waals surface area (Å²) in [5, 5.41) is 15.5. The van der Waals surface area contributed by atoms with Crippen LogP contribution in [-0.2, 0) is 0 Å². The van der Waals surface area contributed by atoms with Crippen LogP contribution in [0.1, 0.15) is 10.5 Å². The SMILES string of the molecule is CNc1nc(Cl)nn2c(C(=O)O)ccc12. The molecule has 2 aromatic heterocycles. The van der Waals surface area contributed by atoms with Crippen LogP contribution in [0, 0.1) is 0 Å². The van der Waals surface area contributed by atoms with E-state index in [1.165, 1.54) is 10.6 Å². The number of rotatable bonds is 2. The number of fused-ring (bicyclic) bond motifs is 1. The molecule has 6 nitrogen and oxygen atoms in total. The summed E-state index contributed by atoms with van der Waals surface area (Å²) in [6.45, 7) is 0. The highest BCUT2D eigenvalue weighted by Gasteiger charge is 2.13. The molecule has 0 fully saturated rings. The molecule has 0 unspecified atom stereocenters. The Kier molecular flexibility index (Phi) is 2.20. The molecule has 0 atom stereocenters. The Morgan fingerprint density at radius 1 is 1.60 bits per heavy atom. The number of hydrogen-bond donors (Lipinski definition) is 2. The van der Waals surface area contributed by atoms with Gasteiger partial charge in [0.05, 0.1) is 0 Å². The Bertz CT molecular complexity index is 537. The number of anilines is 1. The van der Waals surface area contributed by atoms with Crippen LogP contribution >= 0.6 is 11.6 Å².